The Morgan fingerprint density at radius 1 is 1.09 bits per heavy atom. The number of ether oxygens (including phenoxy) is 2. The van der Waals surface area contributed by atoms with Gasteiger partial charge in [0.05, 0.1) is 13.7 Å². The highest BCUT2D eigenvalue weighted by Gasteiger charge is 2.27. The molecule has 0 spiro atoms. The SMILES string of the molecule is COC(=O)C(OCc1ccccc1)C(O)/C=C/c1ccccc1. The number of hydrogen-bond acceptors (Lipinski definition) is 4. The molecule has 2 aromatic rings. The predicted molar refractivity (Wildman–Crippen MR) is 88.5 cm³/mol. The van der Waals surface area contributed by atoms with E-state index in [9.17, 15) is 9.90 Å². The maximum Gasteiger partial charge on any atom is 0.338 e. The van der Waals surface area contributed by atoms with Crippen LogP contribution in [0.3, 0.4) is 0 Å². The molecule has 0 amide bonds. The van der Waals surface area contributed by atoms with E-state index in [1.54, 1.807) is 6.08 Å². The third kappa shape index (κ3) is 5.36. The molecule has 0 saturated heterocycles. The molecule has 2 atom stereocenters. The van der Waals surface area contributed by atoms with Gasteiger partial charge in [-0.25, -0.2) is 4.79 Å². The lowest BCUT2D eigenvalue weighted by Gasteiger charge is -2.19. The van der Waals surface area contributed by atoms with Crippen LogP contribution in [0.2, 0.25) is 0 Å². The van der Waals surface area contributed by atoms with Gasteiger partial charge in [0.1, 0.15) is 6.10 Å². The Balaban J connectivity index is 2.02. The highest BCUT2D eigenvalue weighted by molar-refractivity contribution is 5.76. The summed E-state index contributed by atoms with van der Waals surface area (Å²) in [4.78, 5) is 11.8. The van der Waals surface area contributed by atoms with E-state index < -0.39 is 18.2 Å². The zero-order chi connectivity index (χ0) is 16.5. The number of methoxy groups -OCH3 is 1. The Labute approximate surface area is 136 Å². The van der Waals surface area contributed by atoms with Gasteiger partial charge in [0.15, 0.2) is 6.10 Å². The Bertz CT molecular complexity index is 622. The number of esters is 1. The predicted octanol–water partition coefficient (Wildman–Crippen LogP) is 2.82. The van der Waals surface area contributed by atoms with Crippen molar-refractivity contribution < 1.29 is 19.4 Å². The number of benzene rings is 2. The van der Waals surface area contributed by atoms with E-state index in [1.807, 2.05) is 60.7 Å². The number of carbonyl (C=O) groups is 1. The van der Waals surface area contributed by atoms with E-state index in [2.05, 4.69) is 0 Å². The van der Waals surface area contributed by atoms with Gasteiger partial charge in [-0.15, -0.1) is 0 Å². The molecule has 2 aromatic carbocycles. The lowest BCUT2D eigenvalue weighted by atomic mass is 10.1. The van der Waals surface area contributed by atoms with E-state index in [-0.39, 0.29) is 6.61 Å². The Kier molecular flexibility index (Phi) is 6.54. The number of aliphatic hydroxyl groups is 1. The van der Waals surface area contributed by atoms with Crippen molar-refractivity contribution in [1.29, 1.82) is 0 Å². The van der Waals surface area contributed by atoms with Crippen molar-refractivity contribution in [2.75, 3.05) is 7.11 Å². The molecule has 0 fully saturated rings. The molecule has 0 saturated carbocycles. The zero-order valence-electron chi connectivity index (χ0n) is 13.0. The quantitative estimate of drug-likeness (QED) is 0.799. The molecule has 0 aliphatic rings. The third-order valence-electron chi connectivity index (χ3n) is 3.30. The summed E-state index contributed by atoms with van der Waals surface area (Å²) >= 11 is 0. The van der Waals surface area contributed by atoms with Crippen LogP contribution in [0, 0.1) is 0 Å². The van der Waals surface area contributed by atoms with Crippen LogP contribution in [0.1, 0.15) is 11.1 Å². The van der Waals surface area contributed by atoms with Crippen LogP contribution in [0.15, 0.2) is 66.7 Å². The fourth-order valence-corrected chi connectivity index (χ4v) is 2.06. The maximum absolute atomic E-state index is 11.8. The Hall–Kier alpha value is -2.43. The number of carbonyl (C=O) groups excluding carboxylic acids is 1. The highest BCUT2D eigenvalue weighted by Crippen LogP contribution is 2.11. The van der Waals surface area contributed by atoms with Crippen molar-refractivity contribution in [3.05, 3.63) is 77.9 Å². The van der Waals surface area contributed by atoms with Crippen molar-refractivity contribution in [2.45, 2.75) is 18.8 Å². The first kappa shape index (κ1) is 16.9. The first-order valence-corrected chi connectivity index (χ1v) is 7.35. The average Bonchev–Trinajstić information content (AvgIpc) is 2.61. The molecular formula is C19H20O4. The fourth-order valence-electron chi connectivity index (χ4n) is 2.06. The van der Waals surface area contributed by atoms with Crippen LogP contribution in [0.5, 0.6) is 0 Å². The zero-order valence-corrected chi connectivity index (χ0v) is 13.0. The molecule has 4 nitrogen and oxygen atoms in total. The lowest BCUT2D eigenvalue weighted by Crippen LogP contribution is -2.36. The minimum absolute atomic E-state index is 0.219. The number of hydrogen-bond donors (Lipinski definition) is 1. The molecular weight excluding hydrogens is 292 g/mol. The van der Waals surface area contributed by atoms with E-state index >= 15 is 0 Å². The summed E-state index contributed by atoms with van der Waals surface area (Å²) in [5, 5.41) is 10.2. The van der Waals surface area contributed by atoms with Gasteiger partial charge in [0.25, 0.3) is 0 Å². The van der Waals surface area contributed by atoms with Crippen LogP contribution in [-0.2, 0) is 20.9 Å². The van der Waals surface area contributed by atoms with Gasteiger partial charge in [-0.05, 0) is 11.1 Å². The molecule has 0 radical (unpaired) electrons. The molecule has 23 heavy (non-hydrogen) atoms. The summed E-state index contributed by atoms with van der Waals surface area (Å²) in [6, 6.07) is 19.0. The lowest BCUT2D eigenvalue weighted by molar-refractivity contribution is -0.161. The monoisotopic (exact) mass is 312 g/mol. The fraction of sp³-hybridized carbons (Fsp3) is 0.211. The van der Waals surface area contributed by atoms with Crippen molar-refractivity contribution >= 4 is 12.0 Å². The molecule has 120 valence electrons. The van der Waals surface area contributed by atoms with E-state index in [1.165, 1.54) is 13.2 Å². The smallest absolute Gasteiger partial charge is 0.338 e. The highest BCUT2D eigenvalue weighted by atomic mass is 16.6. The molecule has 2 rings (SSSR count). The minimum Gasteiger partial charge on any atom is -0.467 e. The summed E-state index contributed by atoms with van der Waals surface area (Å²) in [7, 11) is 1.27. The van der Waals surface area contributed by atoms with E-state index in [0.29, 0.717) is 0 Å². The molecule has 0 heterocycles. The van der Waals surface area contributed by atoms with Gasteiger partial charge in [0, 0.05) is 0 Å². The molecule has 0 bridgehead atoms. The number of rotatable bonds is 7. The van der Waals surface area contributed by atoms with Crippen LogP contribution in [0.25, 0.3) is 6.08 Å². The Morgan fingerprint density at radius 3 is 2.30 bits per heavy atom. The average molecular weight is 312 g/mol. The van der Waals surface area contributed by atoms with Crippen LogP contribution >= 0.6 is 0 Å². The van der Waals surface area contributed by atoms with Gasteiger partial charge in [-0.2, -0.15) is 0 Å². The van der Waals surface area contributed by atoms with Crippen LogP contribution < -0.4 is 0 Å². The first-order valence-electron chi connectivity index (χ1n) is 7.35. The van der Waals surface area contributed by atoms with E-state index in [0.717, 1.165) is 11.1 Å². The molecule has 1 N–H and O–H groups in total. The molecule has 2 unspecified atom stereocenters. The van der Waals surface area contributed by atoms with Crippen molar-refractivity contribution in [1.82, 2.24) is 0 Å². The summed E-state index contributed by atoms with van der Waals surface area (Å²) in [5.74, 6) is -0.605. The molecule has 4 heteroatoms. The summed E-state index contributed by atoms with van der Waals surface area (Å²) in [6.07, 6.45) is 1.11. The van der Waals surface area contributed by atoms with Gasteiger partial charge >= 0.3 is 5.97 Å². The van der Waals surface area contributed by atoms with Gasteiger partial charge < -0.3 is 14.6 Å². The van der Waals surface area contributed by atoms with Crippen molar-refractivity contribution in [3.8, 4) is 0 Å². The normalized spacial score (nSPS) is 13.7. The second-order valence-electron chi connectivity index (χ2n) is 5.00. The maximum atomic E-state index is 11.8. The Morgan fingerprint density at radius 2 is 1.70 bits per heavy atom. The molecule has 0 aromatic heterocycles. The third-order valence-corrected chi connectivity index (χ3v) is 3.30. The second-order valence-corrected chi connectivity index (χ2v) is 5.00. The van der Waals surface area contributed by atoms with Gasteiger partial charge in [-0.1, -0.05) is 72.8 Å². The topological polar surface area (TPSA) is 55.8 Å². The second kappa shape index (κ2) is 8.88. The largest absolute Gasteiger partial charge is 0.467 e. The van der Waals surface area contributed by atoms with Crippen molar-refractivity contribution in [3.63, 3.8) is 0 Å². The summed E-state index contributed by atoms with van der Waals surface area (Å²) in [6.45, 7) is 0.219. The number of aliphatic hydroxyl groups excluding tert-OH is 1. The molecule has 0 aliphatic carbocycles. The molecule has 0 aliphatic heterocycles. The standard InChI is InChI=1S/C19H20O4/c1-22-19(21)18(23-14-16-10-6-3-7-11-16)17(20)13-12-15-8-4-2-5-9-15/h2-13,17-18,20H,14H2,1H3/b13-12+. The first-order chi connectivity index (χ1) is 11.2. The van der Waals surface area contributed by atoms with E-state index in [4.69, 9.17) is 9.47 Å². The van der Waals surface area contributed by atoms with Crippen molar-refractivity contribution in [2.24, 2.45) is 0 Å². The van der Waals surface area contributed by atoms with Crippen LogP contribution in [-0.4, -0.2) is 30.4 Å². The summed E-state index contributed by atoms with van der Waals surface area (Å²) < 4.78 is 10.3. The minimum atomic E-state index is -1.09. The van der Waals surface area contributed by atoms with Gasteiger partial charge in [0.2, 0.25) is 0 Å². The van der Waals surface area contributed by atoms with Gasteiger partial charge in [-0.3, -0.25) is 0 Å². The van der Waals surface area contributed by atoms with Crippen LogP contribution in [0.4, 0.5) is 0 Å². The summed E-state index contributed by atoms with van der Waals surface area (Å²) in [5.41, 5.74) is 1.85.